The average Bonchev–Trinajstić information content (AvgIpc) is 2.98. The minimum absolute atomic E-state index is 0.348. The summed E-state index contributed by atoms with van der Waals surface area (Å²) in [6.45, 7) is 2.30. The number of pyridine rings is 1. The monoisotopic (exact) mass is 392 g/mol. The Hall–Kier alpha value is -1.33. The number of nitrogens with zero attached hydrogens (tertiary/aromatic N) is 1. The summed E-state index contributed by atoms with van der Waals surface area (Å²) in [6.07, 6.45) is 2.18. The van der Waals surface area contributed by atoms with Crippen molar-refractivity contribution in [1.82, 2.24) is 4.98 Å². The van der Waals surface area contributed by atoms with Gasteiger partial charge in [-0.3, -0.25) is 0 Å². The molecule has 1 aromatic carbocycles. The largest absolute Gasteiger partial charge is 0.381 e. The predicted octanol–water partition coefficient (Wildman–Crippen LogP) is 6.11. The first kappa shape index (κ1) is 17.1. The van der Waals surface area contributed by atoms with Crippen molar-refractivity contribution in [1.29, 1.82) is 0 Å². The van der Waals surface area contributed by atoms with E-state index in [1.165, 1.54) is 5.56 Å². The highest BCUT2D eigenvalue weighted by atomic mass is 35.5. The molecule has 1 fully saturated rings. The van der Waals surface area contributed by atoms with E-state index < -0.39 is 0 Å². The molecule has 1 saturated heterocycles. The number of thiophene rings is 1. The third-order valence-corrected chi connectivity index (χ3v) is 6.50. The van der Waals surface area contributed by atoms with Gasteiger partial charge in [0.25, 0.3) is 0 Å². The smallest absolute Gasteiger partial charge is 0.131 e. The van der Waals surface area contributed by atoms with Crippen LogP contribution in [0.15, 0.2) is 36.4 Å². The van der Waals surface area contributed by atoms with E-state index in [1.54, 1.807) is 11.3 Å². The van der Waals surface area contributed by atoms with Crippen molar-refractivity contribution in [2.24, 2.45) is 0 Å². The first-order valence-electron chi connectivity index (χ1n) is 8.36. The van der Waals surface area contributed by atoms with Crippen molar-refractivity contribution in [3.63, 3.8) is 0 Å². The average molecular weight is 393 g/mol. The van der Waals surface area contributed by atoms with E-state index in [9.17, 15) is 0 Å². The van der Waals surface area contributed by atoms with Crippen LogP contribution in [0.5, 0.6) is 0 Å². The van der Waals surface area contributed by atoms with E-state index in [1.807, 2.05) is 24.3 Å². The Kier molecular flexibility index (Phi) is 5.13. The molecule has 0 bridgehead atoms. The van der Waals surface area contributed by atoms with Gasteiger partial charge in [-0.2, -0.15) is 0 Å². The van der Waals surface area contributed by atoms with Crippen LogP contribution in [0, 0.1) is 0 Å². The Morgan fingerprint density at radius 3 is 2.84 bits per heavy atom. The second-order valence-corrected chi connectivity index (χ2v) is 8.02. The van der Waals surface area contributed by atoms with Crippen molar-refractivity contribution in [3.05, 3.63) is 57.0 Å². The van der Waals surface area contributed by atoms with Crippen molar-refractivity contribution < 1.29 is 4.74 Å². The van der Waals surface area contributed by atoms with Crippen molar-refractivity contribution in [2.45, 2.75) is 25.3 Å². The molecular formula is C19H18Cl2N2OS. The fourth-order valence-corrected chi connectivity index (χ4v) is 5.06. The van der Waals surface area contributed by atoms with Gasteiger partial charge in [-0.15, -0.1) is 11.3 Å². The van der Waals surface area contributed by atoms with Gasteiger partial charge in [0.15, 0.2) is 0 Å². The molecule has 0 spiro atoms. The van der Waals surface area contributed by atoms with Crippen LogP contribution in [0.25, 0.3) is 10.2 Å². The minimum atomic E-state index is 0.348. The molecule has 4 rings (SSSR count). The Balaban J connectivity index is 1.68. The summed E-state index contributed by atoms with van der Waals surface area (Å²) >= 11 is 14.6. The van der Waals surface area contributed by atoms with Crippen LogP contribution in [0.4, 0.5) is 5.69 Å². The van der Waals surface area contributed by atoms with Gasteiger partial charge in [-0.1, -0.05) is 53.5 Å². The van der Waals surface area contributed by atoms with Crippen LogP contribution in [0.3, 0.4) is 0 Å². The normalized spacial score (nSPS) is 17.8. The summed E-state index contributed by atoms with van der Waals surface area (Å²) in [5, 5.41) is 4.66. The second kappa shape index (κ2) is 7.50. The molecule has 25 heavy (non-hydrogen) atoms. The zero-order valence-electron chi connectivity index (χ0n) is 13.6. The van der Waals surface area contributed by atoms with E-state index in [-0.39, 0.29) is 0 Å². The number of anilines is 1. The Bertz CT molecular complexity index is 876. The van der Waals surface area contributed by atoms with E-state index in [0.717, 1.165) is 58.4 Å². The highest BCUT2D eigenvalue weighted by Crippen LogP contribution is 2.44. The fourth-order valence-electron chi connectivity index (χ4n) is 3.16. The topological polar surface area (TPSA) is 34.1 Å². The molecule has 3 aromatic rings. The number of halogens is 2. The van der Waals surface area contributed by atoms with E-state index in [4.69, 9.17) is 27.9 Å². The Morgan fingerprint density at radius 1 is 1.24 bits per heavy atom. The molecule has 1 unspecified atom stereocenters. The third kappa shape index (κ3) is 3.63. The molecular weight excluding hydrogens is 375 g/mol. The first-order chi connectivity index (χ1) is 12.2. The zero-order chi connectivity index (χ0) is 17.2. The highest BCUT2D eigenvalue weighted by Gasteiger charge is 2.24. The molecule has 3 nitrogen and oxygen atoms in total. The van der Waals surface area contributed by atoms with Gasteiger partial charge in [-0.25, -0.2) is 4.98 Å². The number of rotatable bonds is 4. The van der Waals surface area contributed by atoms with Gasteiger partial charge in [0.1, 0.15) is 10.7 Å². The predicted molar refractivity (Wildman–Crippen MR) is 106 cm³/mol. The summed E-state index contributed by atoms with van der Waals surface area (Å²) in [6, 6.07) is 12.2. The Morgan fingerprint density at radius 2 is 2.08 bits per heavy atom. The quantitative estimate of drug-likeness (QED) is 0.543. The standard InChI is InChI=1S/C19H18Cl2N2OS/c20-15-9-14(22-10-12-5-2-1-3-6-12)19-17(23-15)16(21)18(25-19)13-7-4-8-24-11-13/h1-3,5-6,9,13H,4,7-8,10-11H2,(H,22,23). The minimum Gasteiger partial charge on any atom is -0.381 e. The lowest BCUT2D eigenvalue weighted by atomic mass is 10.0. The van der Waals surface area contributed by atoms with Crippen molar-refractivity contribution >= 4 is 50.4 Å². The number of hydrogen-bond donors (Lipinski definition) is 1. The number of ether oxygens (including phenoxy) is 1. The zero-order valence-corrected chi connectivity index (χ0v) is 15.9. The molecule has 0 radical (unpaired) electrons. The van der Waals surface area contributed by atoms with Crippen LogP contribution < -0.4 is 5.32 Å². The summed E-state index contributed by atoms with van der Waals surface area (Å²) in [5.41, 5.74) is 2.98. The number of fused-ring (bicyclic) bond motifs is 1. The van der Waals surface area contributed by atoms with Crippen LogP contribution in [0.2, 0.25) is 10.2 Å². The van der Waals surface area contributed by atoms with E-state index in [2.05, 4.69) is 22.4 Å². The van der Waals surface area contributed by atoms with E-state index >= 15 is 0 Å². The van der Waals surface area contributed by atoms with Gasteiger partial charge in [-0.05, 0) is 18.4 Å². The van der Waals surface area contributed by atoms with Crippen LogP contribution in [-0.2, 0) is 11.3 Å². The van der Waals surface area contributed by atoms with Crippen molar-refractivity contribution in [2.75, 3.05) is 18.5 Å². The molecule has 1 aliphatic rings. The maximum Gasteiger partial charge on any atom is 0.131 e. The molecule has 130 valence electrons. The maximum absolute atomic E-state index is 6.66. The summed E-state index contributed by atoms with van der Waals surface area (Å²) in [5.74, 6) is 0.348. The molecule has 0 amide bonds. The molecule has 0 aliphatic carbocycles. The number of aromatic nitrogens is 1. The lowest BCUT2D eigenvalue weighted by molar-refractivity contribution is 0.0814. The Labute approximate surface area is 160 Å². The van der Waals surface area contributed by atoms with Gasteiger partial charge in [0, 0.05) is 30.0 Å². The van der Waals surface area contributed by atoms with Gasteiger partial charge in [0.05, 0.1) is 22.0 Å². The molecule has 0 saturated carbocycles. The van der Waals surface area contributed by atoms with Gasteiger partial charge in [0.2, 0.25) is 0 Å². The lowest BCUT2D eigenvalue weighted by Gasteiger charge is -2.21. The SMILES string of the molecule is Clc1cc(NCc2ccccc2)c2sc(C3CCCOC3)c(Cl)c2n1. The molecule has 6 heteroatoms. The molecule has 3 heterocycles. The number of nitrogens with one attached hydrogen (secondary N) is 1. The van der Waals surface area contributed by atoms with Crippen LogP contribution in [-0.4, -0.2) is 18.2 Å². The fraction of sp³-hybridized carbons (Fsp3) is 0.316. The lowest BCUT2D eigenvalue weighted by Crippen LogP contribution is -2.14. The third-order valence-electron chi connectivity index (χ3n) is 4.43. The van der Waals surface area contributed by atoms with Crippen LogP contribution in [0.1, 0.15) is 29.2 Å². The number of benzene rings is 1. The summed E-state index contributed by atoms with van der Waals surface area (Å²) in [7, 11) is 0. The van der Waals surface area contributed by atoms with E-state index in [0.29, 0.717) is 11.1 Å². The molecule has 2 aromatic heterocycles. The molecule has 1 N–H and O–H groups in total. The summed E-state index contributed by atoms with van der Waals surface area (Å²) < 4.78 is 6.69. The molecule has 1 aliphatic heterocycles. The first-order valence-corrected chi connectivity index (χ1v) is 9.93. The highest BCUT2D eigenvalue weighted by molar-refractivity contribution is 7.20. The maximum atomic E-state index is 6.66. The van der Waals surface area contributed by atoms with Gasteiger partial charge < -0.3 is 10.1 Å². The number of hydrogen-bond acceptors (Lipinski definition) is 4. The second-order valence-electron chi connectivity index (χ2n) is 6.20. The van der Waals surface area contributed by atoms with Gasteiger partial charge >= 0.3 is 0 Å². The van der Waals surface area contributed by atoms with Crippen molar-refractivity contribution in [3.8, 4) is 0 Å². The van der Waals surface area contributed by atoms with Crippen LogP contribution >= 0.6 is 34.5 Å². The molecule has 1 atom stereocenters. The summed E-state index contributed by atoms with van der Waals surface area (Å²) in [4.78, 5) is 5.63.